The second-order valence-corrected chi connectivity index (χ2v) is 10.0. The molecule has 6 rings (SSSR count). The van der Waals surface area contributed by atoms with Crippen molar-refractivity contribution in [2.75, 3.05) is 26.5 Å². The van der Waals surface area contributed by atoms with Crippen molar-refractivity contribution in [1.29, 1.82) is 0 Å². The number of aromatic nitrogens is 1. The van der Waals surface area contributed by atoms with Gasteiger partial charge in [-0.3, -0.25) is 4.90 Å². The molecule has 3 saturated heterocycles. The lowest BCUT2D eigenvalue weighted by Crippen LogP contribution is -2.55. The zero-order valence-corrected chi connectivity index (χ0v) is 19.9. The minimum Gasteiger partial charge on any atom is -0.497 e. The summed E-state index contributed by atoms with van der Waals surface area (Å²) in [4.78, 5) is 8.71. The topological polar surface area (TPSA) is 45.6 Å². The summed E-state index contributed by atoms with van der Waals surface area (Å²) in [5.41, 5.74) is 3.84. The number of thioether (sulfide) groups is 1. The fraction of sp³-hybridized carbons (Fsp3) is 0.444. The predicted molar refractivity (Wildman–Crippen MR) is 132 cm³/mol. The molecule has 3 aromatic rings. The number of methoxy groups -OCH3 is 1. The molecule has 2 bridgehead atoms. The molecule has 1 unspecified atom stereocenters. The Labute approximate surface area is 195 Å². The molecule has 3 aliphatic rings. The lowest BCUT2D eigenvalue weighted by molar-refractivity contribution is -0.0562. The molecule has 3 fully saturated rings. The summed E-state index contributed by atoms with van der Waals surface area (Å²) in [7, 11) is 1.68. The first kappa shape index (κ1) is 21.7. The van der Waals surface area contributed by atoms with Gasteiger partial charge in [-0.05, 0) is 79.4 Å². The third-order valence-electron chi connectivity index (χ3n) is 7.58. The molecule has 32 heavy (non-hydrogen) atoms. The van der Waals surface area contributed by atoms with Crippen molar-refractivity contribution in [3.63, 3.8) is 0 Å². The smallest absolute Gasteiger partial charge is 0.119 e. The van der Waals surface area contributed by atoms with Crippen LogP contribution < -0.4 is 4.74 Å². The third kappa shape index (κ3) is 3.91. The molecule has 168 valence electrons. The van der Waals surface area contributed by atoms with E-state index in [1.54, 1.807) is 18.9 Å². The Hall–Kier alpha value is -2.08. The number of hydrogen-bond acceptors (Lipinski definition) is 5. The number of piperidine rings is 3. The van der Waals surface area contributed by atoms with Gasteiger partial charge in [0.05, 0.1) is 24.4 Å². The summed E-state index contributed by atoms with van der Waals surface area (Å²) in [5.74, 6) is 2.29. The van der Waals surface area contributed by atoms with Gasteiger partial charge < -0.3 is 9.84 Å². The highest BCUT2D eigenvalue weighted by Gasteiger charge is 2.42. The number of hydrogen-bond donors (Lipinski definition) is 1. The van der Waals surface area contributed by atoms with Gasteiger partial charge in [0.2, 0.25) is 0 Å². The predicted octanol–water partition coefficient (Wildman–Crippen LogP) is 5.79. The first-order valence-electron chi connectivity index (χ1n) is 11.7. The Kier molecular flexibility index (Phi) is 6.15. The van der Waals surface area contributed by atoms with E-state index in [-0.39, 0.29) is 6.04 Å². The van der Waals surface area contributed by atoms with Crippen LogP contribution in [0.4, 0.5) is 0 Å². The van der Waals surface area contributed by atoms with Crippen molar-refractivity contribution in [1.82, 2.24) is 9.88 Å². The monoisotopic (exact) mass is 448 g/mol. The third-order valence-corrected chi connectivity index (χ3v) is 8.32. The minimum atomic E-state index is -0.544. The second-order valence-electron chi connectivity index (χ2n) is 9.17. The number of aliphatic hydroxyl groups excluding tert-OH is 1. The maximum absolute atomic E-state index is 11.7. The molecule has 2 aromatic carbocycles. The van der Waals surface area contributed by atoms with E-state index in [0.29, 0.717) is 0 Å². The highest BCUT2D eigenvalue weighted by Crippen LogP contribution is 2.43. The van der Waals surface area contributed by atoms with Gasteiger partial charge in [-0.1, -0.05) is 25.5 Å². The van der Waals surface area contributed by atoms with Crippen molar-refractivity contribution in [3.8, 4) is 17.0 Å². The van der Waals surface area contributed by atoms with Crippen LogP contribution in [0.5, 0.6) is 5.75 Å². The highest BCUT2D eigenvalue weighted by atomic mass is 32.2. The number of benzene rings is 2. The fourth-order valence-electron chi connectivity index (χ4n) is 5.69. The summed E-state index contributed by atoms with van der Waals surface area (Å²) in [6.45, 7) is 4.51. The van der Waals surface area contributed by atoms with Gasteiger partial charge in [-0.25, -0.2) is 4.98 Å². The van der Waals surface area contributed by atoms with Gasteiger partial charge in [0.15, 0.2) is 0 Å². The summed E-state index contributed by atoms with van der Waals surface area (Å²) in [6.07, 6.45) is 5.11. The quantitative estimate of drug-likeness (QED) is 0.484. The second kappa shape index (κ2) is 9.05. The molecule has 0 spiro atoms. The number of fused-ring (bicyclic) bond motifs is 4. The van der Waals surface area contributed by atoms with E-state index in [0.717, 1.165) is 64.8 Å². The summed E-state index contributed by atoms with van der Waals surface area (Å²) >= 11 is 1.74. The van der Waals surface area contributed by atoms with Crippen molar-refractivity contribution in [2.24, 2.45) is 11.8 Å². The van der Waals surface area contributed by atoms with Gasteiger partial charge in [-0.2, -0.15) is 0 Å². The van der Waals surface area contributed by atoms with E-state index in [1.807, 2.05) is 18.2 Å². The Bertz CT molecular complexity index is 1100. The molecule has 4 heterocycles. The zero-order chi connectivity index (χ0) is 22.2. The van der Waals surface area contributed by atoms with Gasteiger partial charge in [0.25, 0.3) is 0 Å². The SMILES string of the molecule is CC[C@H]1CN2CC[C@@H]1C[C@H]2[C@H](O)c1cc(-c2ccc(SC)cc2)nc2ccc(OC)cc12. The molecule has 1 N–H and O–H groups in total. The van der Waals surface area contributed by atoms with Crippen LogP contribution in [0.3, 0.4) is 0 Å². The molecule has 3 aliphatic heterocycles. The molecule has 0 amide bonds. The van der Waals surface area contributed by atoms with Crippen molar-refractivity contribution >= 4 is 22.7 Å². The van der Waals surface area contributed by atoms with Crippen LogP contribution in [0.2, 0.25) is 0 Å². The summed E-state index contributed by atoms with van der Waals surface area (Å²) < 4.78 is 5.50. The molecule has 0 radical (unpaired) electrons. The highest BCUT2D eigenvalue weighted by molar-refractivity contribution is 7.98. The van der Waals surface area contributed by atoms with Crippen molar-refractivity contribution in [3.05, 3.63) is 54.1 Å². The van der Waals surface area contributed by atoms with Crippen molar-refractivity contribution in [2.45, 2.75) is 43.2 Å². The van der Waals surface area contributed by atoms with E-state index >= 15 is 0 Å². The average Bonchev–Trinajstić information content (AvgIpc) is 2.87. The number of nitrogens with zero attached hydrogens (tertiary/aromatic N) is 2. The largest absolute Gasteiger partial charge is 0.497 e. The van der Waals surface area contributed by atoms with E-state index < -0.39 is 6.10 Å². The van der Waals surface area contributed by atoms with E-state index in [4.69, 9.17) is 9.72 Å². The maximum Gasteiger partial charge on any atom is 0.119 e. The van der Waals surface area contributed by atoms with Crippen LogP contribution in [0.25, 0.3) is 22.2 Å². The summed E-state index contributed by atoms with van der Waals surface area (Å²) in [5, 5.41) is 12.7. The number of aliphatic hydroxyl groups is 1. The molecule has 0 aliphatic carbocycles. The van der Waals surface area contributed by atoms with Crippen molar-refractivity contribution < 1.29 is 9.84 Å². The van der Waals surface area contributed by atoms with Crippen LogP contribution in [-0.4, -0.2) is 47.5 Å². The van der Waals surface area contributed by atoms with Crippen LogP contribution in [-0.2, 0) is 0 Å². The van der Waals surface area contributed by atoms with E-state index in [2.05, 4.69) is 48.4 Å². The zero-order valence-electron chi connectivity index (χ0n) is 19.1. The molecule has 5 heteroatoms. The van der Waals surface area contributed by atoms with Gasteiger partial charge in [0, 0.05) is 28.4 Å². The number of pyridine rings is 1. The number of ether oxygens (including phenoxy) is 1. The van der Waals surface area contributed by atoms with Crippen LogP contribution in [0, 0.1) is 11.8 Å². The Morgan fingerprint density at radius 1 is 1.19 bits per heavy atom. The summed E-state index contributed by atoms with van der Waals surface area (Å²) in [6, 6.07) is 16.7. The van der Waals surface area contributed by atoms with Gasteiger partial charge >= 0.3 is 0 Å². The standard InChI is InChI=1S/C27H32N2O2S/c1-4-17-16-29-12-11-19(17)13-26(29)27(30)23-15-25(18-5-8-21(32-3)9-6-18)28-24-10-7-20(31-2)14-22(23)24/h5-10,14-15,17,19,26-27,30H,4,11-13,16H2,1-3H3/t17-,19+,26-,27+/m0/s1. The fourth-order valence-corrected chi connectivity index (χ4v) is 6.10. The molecule has 1 aromatic heterocycles. The molecule has 5 atom stereocenters. The van der Waals surface area contributed by atoms with Gasteiger partial charge in [0.1, 0.15) is 5.75 Å². The first-order valence-corrected chi connectivity index (χ1v) is 12.9. The Morgan fingerprint density at radius 3 is 2.66 bits per heavy atom. The van der Waals surface area contributed by atoms with Crippen LogP contribution in [0.1, 0.15) is 37.9 Å². The molecular formula is C27H32N2O2S. The van der Waals surface area contributed by atoms with Crippen LogP contribution in [0.15, 0.2) is 53.4 Å². The van der Waals surface area contributed by atoms with E-state index in [1.165, 1.54) is 17.7 Å². The molecule has 0 saturated carbocycles. The Balaban J connectivity index is 1.58. The lowest BCUT2D eigenvalue weighted by atomic mass is 9.72. The molecular weight excluding hydrogens is 416 g/mol. The van der Waals surface area contributed by atoms with E-state index in [9.17, 15) is 5.11 Å². The molecule has 4 nitrogen and oxygen atoms in total. The first-order chi connectivity index (χ1) is 15.6. The minimum absolute atomic E-state index is 0.167. The lowest BCUT2D eigenvalue weighted by Gasteiger charge is -2.51. The number of rotatable bonds is 6. The normalized spacial score (nSPS) is 25.8. The Morgan fingerprint density at radius 2 is 2.00 bits per heavy atom. The maximum atomic E-state index is 11.7. The van der Waals surface area contributed by atoms with Gasteiger partial charge in [-0.15, -0.1) is 11.8 Å². The van der Waals surface area contributed by atoms with Crippen LogP contribution >= 0.6 is 11.8 Å². The average molecular weight is 449 g/mol.